The predicted molar refractivity (Wildman–Crippen MR) is 215 cm³/mol. The molecule has 4 heterocycles. The van der Waals surface area contributed by atoms with Crippen molar-refractivity contribution in [2.45, 2.75) is 83.8 Å². The third kappa shape index (κ3) is 8.67. The van der Waals surface area contributed by atoms with E-state index in [0.717, 1.165) is 4.90 Å². The maximum Gasteiger partial charge on any atom is 0.573 e. The maximum atomic E-state index is 14.0. The smallest absolute Gasteiger partial charge is 0.465 e. The van der Waals surface area contributed by atoms with Gasteiger partial charge in [0.25, 0.3) is 0 Å². The summed E-state index contributed by atoms with van der Waals surface area (Å²) in [5.74, 6) is -1.71. The molecule has 0 spiro atoms. The number of imidazole rings is 2. The number of nitrogens with zero attached hydrogens (tertiary/aromatic N) is 4. The quantitative estimate of drug-likeness (QED) is 0.0887. The number of carbonyl (C=O) groups is 4. The summed E-state index contributed by atoms with van der Waals surface area (Å²) >= 11 is 0. The minimum absolute atomic E-state index is 0.0184. The Morgan fingerprint density at radius 1 is 0.817 bits per heavy atom. The summed E-state index contributed by atoms with van der Waals surface area (Å²) < 4.78 is 77.2. The highest BCUT2D eigenvalue weighted by molar-refractivity contribution is 5.89. The van der Waals surface area contributed by atoms with Crippen LogP contribution < -0.4 is 15.4 Å². The van der Waals surface area contributed by atoms with Crippen molar-refractivity contribution < 1.29 is 51.0 Å². The molecule has 0 bridgehead atoms. The predicted octanol–water partition coefficient (Wildman–Crippen LogP) is 7.67. The van der Waals surface area contributed by atoms with Gasteiger partial charge in [-0.25, -0.2) is 19.6 Å². The molecule has 2 saturated heterocycles. The Balaban J connectivity index is 1.19. The summed E-state index contributed by atoms with van der Waals surface area (Å²) in [6.45, 7) is 7.02. The van der Waals surface area contributed by atoms with Crippen LogP contribution in [0.3, 0.4) is 0 Å². The Morgan fingerprint density at radius 2 is 1.37 bits per heavy atom. The second kappa shape index (κ2) is 16.7. The summed E-state index contributed by atoms with van der Waals surface area (Å²) in [5.41, 5.74) is 3.06. The Bertz CT molecular complexity index is 2570. The molecule has 2 aliphatic heterocycles. The molecule has 0 saturated carbocycles. The lowest BCUT2D eigenvalue weighted by Crippen LogP contribution is -2.51. The van der Waals surface area contributed by atoms with Gasteiger partial charge in [0, 0.05) is 22.8 Å². The van der Waals surface area contributed by atoms with Crippen molar-refractivity contribution in [2.24, 2.45) is 11.8 Å². The summed E-state index contributed by atoms with van der Waals surface area (Å²) in [7, 11) is 1.22. The second-order valence-corrected chi connectivity index (χ2v) is 15.4. The van der Waals surface area contributed by atoms with E-state index < -0.39 is 73.1 Å². The van der Waals surface area contributed by atoms with Gasteiger partial charge in [0.15, 0.2) is 0 Å². The zero-order valence-corrected chi connectivity index (χ0v) is 33.4. The number of nitrogens with one attached hydrogen (secondary N) is 4. The van der Waals surface area contributed by atoms with Crippen LogP contribution in [0.5, 0.6) is 5.75 Å². The molecule has 318 valence electrons. The van der Waals surface area contributed by atoms with Crippen LogP contribution in [0.2, 0.25) is 0 Å². The molecule has 7 rings (SSSR count). The lowest BCUT2D eigenvalue weighted by atomic mass is 9.98. The summed E-state index contributed by atoms with van der Waals surface area (Å²) in [6, 6.07) is 10.3. The molecule has 0 radical (unpaired) electrons. The van der Waals surface area contributed by atoms with Gasteiger partial charge in [-0.05, 0) is 84.5 Å². The Hall–Kier alpha value is -6.33. The Labute approximate surface area is 347 Å². The molecule has 4 amide bonds. The first-order valence-corrected chi connectivity index (χ1v) is 19.4. The van der Waals surface area contributed by atoms with Gasteiger partial charge < -0.3 is 45.0 Å². The van der Waals surface area contributed by atoms with Gasteiger partial charge in [-0.1, -0.05) is 52.0 Å². The highest BCUT2D eigenvalue weighted by Gasteiger charge is 2.39. The van der Waals surface area contributed by atoms with Gasteiger partial charge in [0.2, 0.25) is 11.8 Å². The number of rotatable bonds is 11. The zero-order valence-electron chi connectivity index (χ0n) is 36.4. The van der Waals surface area contributed by atoms with Crippen molar-refractivity contribution >= 4 is 46.1 Å². The number of alkyl carbamates (subject to hydrolysis) is 1. The van der Waals surface area contributed by atoms with Crippen molar-refractivity contribution in [1.29, 1.82) is 0 Å². The topological polar surface area (TPSA) is 195 Å². The zero-order chi connectivity index (χ0) is 45.7. The van der Waals surface area contributed by atoms with Crippen LogP contribution >= 0.6 is 0 Å². The molecule has 5 aromatic rings. The van der Waals surface area contributed by atoms with Gasteiger partial charge in [0.05, 0.1) is 41.3 Å². The number of alkyl halides is 3. The Morgan fingerprint density at radius 3 is 1.97 bits per heavy atom. The van der Waals surface area contributed by atoms with E-state index in [4.69, 9.17) is 13.8 Å². The number of hydrogen-bond donors (Lipinski definition) is 5. The molecule has 3 aromatic carbocycles. The standard InChI is InChI=1S/C42H47F3N8O7/c1-21(2)34(50-40(56)57)38(54)52-16-6-8-31(52)37-47-28-15-12-25(19-30(28)49-37)26-13-10-24(20-33(26)60-42(43,44)45)23-11-14-27-29(18-23)48-36(46-27)32-9-7-17-53(32)39(55)35(22(3)4)51-41(58)59-5/h10-15,18-22,31-32,34-35,50H,6-9,16-17H2,1-5H3,(H,46,48)(H,47,49)(H,51,58)(H,56,57)/t31-,32-,34+,35+/m1/s1/i6D,8D2/t6?,31-,32-,34+,35+. The van der Waals surface area contributed by atoms with E-state index in [1.807, 2.05) is 13.8 Å². The first-order valence-electron chi connectivity index (χ1n) is 21.0. The fourth-order valence-electron chi connectivity index (χ4n) is 7.76. The van der Waals surface area contributed by atoms with Crippen LogP contribution in [0.4, 0.5) is 22.8 Å². The number of H-pyrrole nitrogens is 2. The molecule has 18 heteroatoms. The molecule has 60 heavy (non-hydrogen) atoms. The molecular weight excluding hydrogens is 786 g/mol. The average Bonchev–Trinajstić information content (AvgIpc) is 4.01. The van der Waals surface area contributed by atoms with Gasteiger partial charge in [-0.15, -0.1) is 13.2 Å². The van der Waals surface area contributed by atoms with Crippen molar-refractivity contribution in [2.75, 3.05) is 20.2 Å². The van der Waals surface area contributed by atoms with Crippen LogP contribution in [0.25, 0.3) is 44.3 Å². The lowest BCUT2D eigenvalue weighted by Gasteiger charge is -2.29. The van der Waals surface area contributed by atoms with E-state index in [1.165, 1.54) is 37.4 Å². The van der Waals surface area contributed by atoms with E-state index in [0.29, 0.717) is 64.0 Å². The summed E-state index contributed by atoms with van der Waals surface area (Å²) in [5, 5.41) is 14.2. The van der Waals surface area contributed by atoms with E-state index in [2.05, 4.69) is 30.3 Å². The second-order valence-electron chi connectivity index (χ2n) is 15.4. The SMILES string of the molecule is [2H]C1CN(C(=O)[C@@H](NC(=O)O)C(C)C)[C@@H](c2nc3ccc(-c4ccc(-c5ccc6nc([C@H]7CCCN7C(=O)[C@@H](NC(=O)OC)C(C)C)[nH]c6c5)cc4OC(F)(F)F)cc3[nH]2)C1([2H])[2H]. The first-order chi connectivity index (χ1) is 29.7. The minimum Gasteiger partial charge on any atom is -0.465 e. The number of aromatic amines is 2. The van der Waals surface area contributed by atoms with Crippen molar-refractivity contribution in [3.8, 4) is 28.0 Å². The molecule has 2 aromatic heterocycles. The molecule has 0 aliphatic carbocycles. The average molecular weight is 836 g/mol. The highest BCUT2D eigenvalue weighted by Crippen LogP contribution is 2.40. The third-order valence-corrected chi connectivity index (χ3v) is 10.7. The number of methoxy groups -OCH3 is 1. The molecular formula is C42H47F3N8O7. The van der Waals surface area contributed by atoms with E-state index in [1.54, 1.807) is 43.0 Å². The number of aromatic nitrogens is 4. The molecule has 5 N–H and O–H groups in total. The fraction of sp³-hybridized carbons (Fsp3) is 0.429. The maximum absolute atomic E-state index is 14.0. The first kappa shape index (κ1) is 37.9. The number of carbonyl (C=O) groups excluding carboxylic acids is 3. The number of ether oxygens (including phenoxy) is 2. The van der Waals surface area contributed by atoms with Crippen molar-refractivity contribution in [3.05, 3.63) is 66.2 Å². The van der Waals surface area contributed by atoms with E-state index in [-0.39, 0.29) is 29.8 Å². The summed E-state index contributed by atoms with van der Waals surface area (Å²) in [6.07, 6.45) is -9.58. The van der Waals surface area contributed by atoms with Crippen molar-refractivity contribution in [1.82, 2.24) is 40.4 Å². The van der Waals surface area contributed by atoms with Crippen LogP contribution in [-0.4, -0.2) is 97.5 Å². The number of likely N-dealkylation sites (tertiary alicyclic amines) is 2. The number of halogens is 3. The Kier molecular flexibility index (Phi) is 10.6. The molecule has 2 fully saturated rings. The summed E-state index contributed by atoms with van der Waals surface area (Å²) in [4.78, 5) is 69.2. The van der Waals surface area contributed by atoms with Gasteiger partial charge >= 0.3 is 18.5 Å². The van der Waals surface area contributed by atoms with Crippen LogP contribution in [0.15, 0.2) is 54.6 Å². The van der Waals surface area contributed by atoms with Gasteiger partial charge in [-0.3, -0.25) is 9.59 Å². The van der Waals surface area contributed by atoms with Gasteiger partial charge in [-0.2, -0.15) is 0 Å². The number of benzene rings is 3. The van der Waals surface area contributed by atoms with Crippen LogP contribution in [0.1, 0.15) is 81.2 Å². The van der Waals surface area contributed by atoms with E-state index in [9.17, 15) is 37.5 Å². The number of fused-ring (bicyclic) bond motifs is 2. The van der Waals surface area contributed by atoms with E-state index >= 15 is 0 Å². The fourth-order valence-corrected chi connectivity index (χ4v) is 7.76. The molecule has 1 unspecified atom stereocenters. The van der Waals surface area contributed by atoms with Gasteiger partial charge in [0.1, 0.15) is 29.5 Å². The van der Waals surface area contributed by atoms with Crippen molar-refractivity contribution in [3.63, 3.8) is 0 Å². The number of carboxylic acid groups (broad SMARTS) is 1. The number of amides is 4. The highest BCUT2D eigenvalue weighted by atomic mass is 19.4. The van der Waals surface area contributed by atoms with Crippen LogP contribution in [0, 0.1) is 11.8 Å². The van der Waals surface area contributed by atoms with Crippen LogP contribution in [-0.2, 0) is 14.3 Å². The minimum atomic E-state index is -5.06. The monoisotopic (exact) mass is 835 g/mol. The normalized spacial score (nSPS) is 20.8. The molecule has 15 nitrogen and oxygen atoms in total. The molecule has 5 atom stereocenters. The molecule has 2 aliphatic rings. The number of hydrogen-bond acceptors (Lipinski definition) is 8. The third-order valence-electron chi connectivity index (χ3n) is 10.7. The largest absolute Gasteiger partial charge is 0.573 e. The lowest BCUT2D eigenvalue weighted by molar-refractivity contribution is -0.274.